The molecule has 26 heavy (non-hydrogen) atoms. The first-order valence-electron chi connectivity index (χ1n) is 8.85. The van der Waals surface area contributed by atoms with Crippen LogP contribution in [0.1, 0.15) is 5.56 Å². The number of benzene rings is 2. The molecule has 0 radical (unpaired) electrons. The molecule has 6 heteroatoms. The molecule has 0 saturated carbocycles. The molecule has 5 nitrogen and oxygen atoms in total. The summed E-state index contributed by atoms with van der Waals surface area (Å²) < 4.78 is 0. The van der Waals surface area contributed by atoms with Crippen LogP contribution >= 0.6 is 11.6 Å². The van der Waals surface area contributed by atoms with Crippen LogP contribution in [0.5, 0.6) is 0 Å². The fourth-order valence-corrected chi connectivity index (χ4v) is 3.09. The first-order valence-corrected chi connectivity index (χ1v) is 9.22. The van der Waals surface area contributed by atoms with Gasteiger partial charge in [0.2, 0.25) is 5.91 Å². The SMILES string of the molecule is Cc1ccc(NCC(=O)Nc2ccc(N3CCN(C)CC3)cc2)cc1Cl. The fourth-order valence-electron chi connectivity index (χ4n) is 2.91. The minimum atomic E-state index is -0.0888. The third-order valence-corrected chi connectivity index (χ3v) is 5.05. The highest BCUT2D eigenvalue weighted by molar-refractivity contribution is 6.31. The molecule has 0 aliphatic carbocycles. The molecular weight excluding hydrogens is 348 g/mol. The molecule has 2 aromatic carbocycles. The van der Waals surface area contributed by atoms with Crippen molar-refractivity contribution in [3.63, 3.8) is 0 Å². The maximum absolute atomic E-state index is 12.1. The second-order valence-electron chi connectivity index (χ2n) is 6.70. The van der Waals surface area contributed by atoms with Gasteiger partial charge in [0, 0.05) is 48.3 Å². The number of likely N-dealkylation sites (N-methyl/N-ethyl adjacent to an activating group) is 1. The molecule has 1 heterocycles. The van der Waals surface area contributed by atoms with Crippen molar-refractivity contribution in [1.29, 1.82) is 0 Å². The molecule has 2 N–H and O–H groups in total. The van der Waals surface area contributed by atoms with Crippen LogP contribution in [-0.4, -0.2) is 50.6 Å². The third-order valence-electron chi connectivity index (χ3n) is 4.64. The topological polar surface area (TPSA) is 47.6 Å². The van der Waals surface area contributed by atoms with E-state index < -0.39 is 0 Å². The number of amides is 1. The number of hydrogen-bond acceptors (Lipinski definition) is 4. The minimum absolute atomic E-state index is 0.0888. The van der Waals surface area contributed by atoms with E-state index in [1.54, 1.807) is 0 Å². The Hall–Kier alpha value is -2.24. The van der Waals surface area contributed by atoms with Gasteiger partial charge in [-0.05, 0) is 55.9 Å². The molecule has 138 valence electrons. The zero-order valence-electron chi connectivity index (χ0n) is 15.3. The number of hydrogen-bond donors (Lipinski definition) is 2. The third kappa shape index (κ3) is 4.90. The molecule has 1 amide bonds. The van der Waals surface area contributed by atoms with Gasteiger partial charge in [-0.2, -0.15) is 0 Å². The number of carbonyl (C=O) groups excluding carboxylic acids is 1. The van der Waals surface area contributed by atoms with E-state index in [1.165, 1.54) is 5.69 Å². The summed E-state index contributed by atoms with van der Waals surface area (Å²) in [5.74, 6) is -0.0888. The molecule has 3 rings (SSSR count). The number of anilines is 3. The molecule has 0 aromatic heterocycles. The molecule has 2 aromatic rings. The van der Waals surface area contributed by atoms with E-state index in [4.69, 9.17) is 11.6 Å². The summed E-state index contributed by atoms with van der Waals surface area (Å²) in [5.41, 5.74) is 3.85. The summed E-state index contributed by atoms with van der Waals surface area (Å²) in [6.07, 6.45) is 0. The lowest BCUT2D eigenvalue weighted by Crippen LogP contribution is -2.44. The van der Waals surface area contributed by atoms with Crippen molar-refractivity contribution in [2.24, 2.45) is 0 Å². The van der Waals surface area contributed by atoms with Crippen LogP contribution in [0.15, 0.2) is 42.5 Å². The Labute approximate surface area is 159 Å². The number of nitrogens with zero attached hydrogens (tertiary/aromatic N) is 2. The van der Waals surface area contributed by atoms with Crippen LogP contribution in [0, 0.1) is 6.92 Å². The van der Waals surface area contributed by atoms with E-state index in [0.717, 1.165) is 43.1 Å². The van der Waals surface area contributed by atoms with Crippen LogP contribution in [0.3, 0.4) is 0 Å². The normalized spacial score (nSPS) is 15.0. The van der Waals surface area contributed by atoms with Gasteiger partial charge in [-0.3, -0.25) is 4.79 Å². The lowest BCUT2D eigenvalue weighted by atomic mass is 10.2. The molecule has 1 aliphatic rings. The smallest absolute Gasteiger partial charge is 0.243 e. The summed E-state index contributed by atoms with van der Waals surface area (Å²) in [6, 6.07) is 13.7. The Morgan fingerprint density at radius 3 is 2.35 bits per heavy atom. The Morgan fingerprint density at radius 2 is 1.69 bits per heavy atom. The average Bonchev–Trinajstić information content (AvgIpc) is 2.64. The van der Waals surface area contributed by atoms with E-state index in [0.29, 0.717) is 5.02 Å². The number of rotatable bonds is 5. The second-order valence-corrected chi connectivity index (χ2v) is 7.11. The number of nitrogens with one attached hydrogen (secondary N) is 2. The number of carbonyl (C=O) groups is 1. The van der Waals surface area contributed by atoms with Gasteiger partial charge < -0.3 is 20.4 Å². The number of piperazine rings is 1. The van der Waals surface area contributed by atoms with Crippen molar-refractivity contribution in [3.05, 3.63) is 53.1 Å². The predicted molar refractivity (Wildman–Crippen MR) is 109 cm³/mol. The Kier molecular flexibility index (Phi) is 6.01. The van der Waals surface area contributed by atoms with E-state index in [2.05, 4.69) is 39.6 Å². The van der Waals surface area contributed by atoms with Crippen molar-refractivity contribution >= 4 is 34.6 Å². The highest BCUT2D eigenvalue weighted by Gasteiger charge is 2.14. The van der Waals surface area contributed by atoms with Crippen LogP contribution in [0.4, 0.5) is 17.1 Å². The number of halogens is 1. The molecule has 1 fully saturated rings. The first-order chi connectivity index (χ1) is 12.5. The fraction of sp³-hybridized carbons (Fsp3) is 0.350. The van der Waals surface area contributed by atoms with Gasteiger partial charge in [0.25, 0.3) is 0 Å². The van der Waals surface area contributed by atoms with Crippen LogP contribution in [-0.2, 0) is 4.79 Å². The largest absolute Gasteiger partial charge is 0.376 e. The average molecular weight is 373 g/mol. The summed E-state index contributed by atoms with van der Waals surface area (Å²) in [6.45, 7) is 6.36. The monoisotopic (exact) mass is 372 g/mol. The zero-order chi connectivity index (χ0) is 18.5. The zero-order valence-corrected chi connectivity index (χ0v) is 16.0. The lowest BCUT2D eigenvalue weighted by Gasteiger charge is -2.34. The molecule has 0 spiro atoms. The second kappa shape index (κ2) is 8.43. The van der Waals surface area contributed by atoms with Crippen molar-refractivity contribution in [1.82, 2.24) is 4.90 Å². The molecule has 0 unspecified atom stereocenters. The number of aryl methyl sites for hydroxylation is 1. The molecule has 0 atom stereocenters. The van der Waals surface area contributed by atoms with E-state index in [-0.39, 0.29) is 12.5 Å². The first kappa shape index (κ1) is 18.5. The van der Waals surface area contributed by atoms with E-state index in [1.807, 2.05) is 37.3 Å². The van der Waals surface area contributed by atoms with Crippen molar-refractivity contribution in [2.75, 3.05) is 55.3 Å². The maximum Gasteiger partial charge on any atom is 0.243 e. The predicted octanol–water partition coefficient (Wildman–Crippen LogP) is 3.45. The Morgan fingerprint density at radius 1 is 1.04 bits per heavy atom. The van der Waals surface area contributed by atoms with Gasteiger partial charge in [0.05, 0.1) is 6.54 Å². The van der Waals surface area contributed by atoms with E-state index >= 15 is 0 Å². The van der Waals surface area contributed by atoms with Gasteiger partial charge in [0.1, 0.15) is 0 Å². The Bertz CT molecular complexity index is 755. The van der Waals surface area contributed by atoms with Crippen LogP contribution in [0.2, 0.25) is 5.02 Å². The summed E-state index contributed by atoms with van der Waals surface area (Å²) in [7, 11) is 2.15. The summed E-state index contributed by atoms with van der Waals surface area (Å²) in [5, 5.41) is 6.69. The standard InChI is InChI=1S/C20H25ClN4O/c1-15-3-4-17(13-19(15)21)22-14-20(26)23-16-5-7-18(8-6-16)25-11-9-24(2)10-12-25/h3-8,13,22H,9-12,14H2,1-2H3,(H,23,26). The van der Waals surface area contributed by atoms with Gasteiger partial charge in [0.15, 0.2) is 0 Å². The summed E-state index contributed by atoms with van der Waals surface area (Å²) >= 11 is 6.10. The highest BCUT2D eigenvalue weighted by atomic mass is 35.5. The molecular formula is C20H25ClN4O. The van der Waals surface area contributed by atoms with Crippen LogP contribution in [0.25, 0.3) is 0 Å². The van der Waals surface area contributed by atoms with Gasteiger partial charge in [-0.25, -0.2) is 0 Å². The quantitative estimate of drug-likeness (QED) is 0.844. The van der Waals surface area contributed by atoms with Gasteiger partial charge >= 0.3 is 0 Å². The van der Waals surface area contributed by atoms with Crippen molar-refractivity contribution in [2.45, 2.75) is 6.92 Å². The minimum Gasteiger partial charge on any atom is -0.376 e. The maximum atomic E-state index is 12.1. The molecule has 1 saturated heterocycles. The lowest BCUT2D eigenvalue weighted by molar-refractivity contribution is -0.114. The molecule has 1 aliphatic heterocycles. The Balaban J connectivity index is 1.50. The van der Waals surface area contributed by atoms with Crippen molar-refractivity contribution < 1.29 is 4.79 Å². The summed E-state index contributed by atoms with van der Waals surface area (Å²) in [4.78, 5) is 16.8. The van der Waals surface area contributed by atoms with Crippen LogP contribution < -0.4 is 15.5 Å². The molecule has 0 bridgehead atoms. The van der Waals surface area contributed by atoms with Crippen molar-refractivity contribution in [3.8, 4) is 0 Å². The van der Waals surface area contributed by atoms with E-state index in [9.17, 15) is 4.79 Å². The van der Waals surface area contributed by atoms with Gasteiger partial charge in [-0.1, -0.05) is 17.7 Å². The highest BCUT2D eigenvalue weighted by Crippen LogP contribution is 2.21. The van der Waals surface area contributed by atoms with Gasteiger partial charge in [-0.15, -0.1) is 0 Å².